The molecule has 0 heterocycles. The van der Waals surface area contributed by atoms with Gasteiger partial charge in [-0.25, -0.2) is 0 Å². The molecule has 0 spiro atoms. The Morgan fingerprint density at radius 3 is 2.54 bits per heavy atom. The molecule has 0 saturated carbocycles. The summed E-state index contributed by atoms with van der Waals surface area (Å²) >= 11 is 0. The van der Waals surface area contributed by atoms with Crippen molar-refractivity contribution in [3.8, 4) is 0 Å². The van der Waals surface area contributed by atoms with Crippen LogP contribution in [0.15, 0.2) is 48.5 Å². The fraction of sp³-hybridized carbons (Fsp3) is 0.429. The molecule has 2 rings (SSSR count). The molecule has 1 N–H and O–H groups in total. The summed E-state index contributed by atoms with van der Waals surface area (Å²) in [4.78, 5) is 2.28. The van der Waals surface area contributed by atoms with Gasteiger partial charge < -0.3 is 9.84 Å². The van der Waals surface area contributed by atoms with Gasteiger partial charge in [-0.2, -0.15) is 0 Å². The van der Waals surface area contributed by atoms with Gasteiger partial charge >= 0.3 is 0 Å². The average Bonchev–Trinajstić information content (AvgIpc) is 2.56. The van der Waals surface area contributed by atoms with Crippen LogP contribution in [0.25, 0.3) is 0 Å². The summed E-state index contributed by atoms with van der Waals surface area (Å²) < 4.78 is 5.24. The van der Waals surface area contributed by atoms with Crippen LogP contribution < -0.4 is 0 Å². The van der Waals surface area contributed by atoms with E-state index in [-0.39, 0.29) is 6.10 Å². The summed E-state index contributed by atoms with van der Waals surface area (Å²) in [5, 5.41) is 10.5. The lowest BCUT2D eigenvalue weighted by atomic mass is 10.0. The van der Waals surface area contributed by atoms with Crippen LogP contribution in [0.4, 0.5) is 0 Å². The van der Waals surface area contributed by atoms with E-state index < -0.39 is 0 Å². The summed E-state index contributed by atoms with van der Waals surface area (Å²) in [5.41, 5.74) is 5.05. The van der Waals surface area contributed by atoms with E-state index in [1.54, 1.807) is 7.11 Å². The van der Waals surface area contributed by atoms with Crippen LogP contribution in [0.5, 0.6) is 0 Å². The maximum Gasteiger partial charge on any atom is 0.0707 e. The summed E-state index contributed by atoms with van der Waals surface area (Å²) in [5.74, 6) is 0. The molecule has 130 valence electrons. The van der Waals surface area contributed by atoms with Crippen LogP contribution in [0.2, 0.25) is 0 Å². The quantitative estimate of drug-likeness (QED) is 0.766. The Bertz CT molecular complexity index is 612. The summed E-state index contributed by atoms with van der Waals surface area (Å²) in [6, 6.07) is 16.7. The molecule has 0 fully saturated rings. The number of hydrogen-bond acceptors (Lipinski definition) is 3. The zero-order chi connectivity index (χ0) is 17.4. The van der Waals surface area contributed by atoms with Crippen LogP contribution in [-0.4, -0.2) is 42.9 Å². The van der Waals surface area contributed by atoms with Gasteiger partial charge in [-0.05, 0) is 37.0 Å². The highest BCUT2D eigenvalue weighted by Crippen LogP contribution is 2.14. The maximum absolute atomic E-state index is 10.5. The topological polar surface area (TPSA) is 32.7 Å². The molecule has 0 aliphatic heterocycles. The third kappa shape index (κ3) is 6.08. The van der Waals surface area contributed by atoms with E-state index in [1.807, 2.05) is 18.2 Å². The standard InChI is InChI=1S/C21H29NO2/c1-17-9-10-18(2)20(13-17)15-22(11-12-24-3)16-21(23)14-19-7-5-4-6-8-19/h4-10,13,21,23H,11-12,14-16H2,1-3H3/t21-/m0/s1. The van der Waals surface area contributed by atoms with Gasteiger partial charge in [0.25, 0.3) is 0 Å². The molecule has 3 nitrogen and oxygen atoms in total. The number of nitrogens with zero attached hydrogens (tertiary/aromatic N) is 1. The average molecular weight is 327 g/mol. The number of aliphatic hydroxyl groups excluding tert-OH is 1. The Hall–Kier alpha value is -1.68. The van der Waals surface area contributed by atoms with Crippen molar-refractivity contribution in [2.24, 2.45) is 0 Å². The molecule has 0 radical (unpaired) electrons. The third-order valence-electron chi connectivity index (χ3n) is 4.29. The first kappa shape index (κ1) is 18.7. The molecule has 0 aliphatic carbocycles. The number of rotatable bonds is 9. The fourth-order valence-electron chi connectivity index (χ4n) is 2.92. The minimum absolute atomic E-state index is 0.380. The summed E-state index contributed by atoms with van der Waals surface area (Å²) in [6.45, 7) is 7.23. The Labute approximate surface area is 145 Å². The number of aliphatic hydroxyl groups is 1. The predicted octanol–water partition coefficient (Wildman–Crippen LogP) is 3.36. The van der Waals surface area contributed by atoms with Gasteiger partial charge in [0, 0.05) is 26.7 Å². The van der Waals surface area contributed by atoms with E-state index in [9.17, 15) is 5.11 Å². The van der Waals surface area contributed by atoms with E-state index >= 15 is 0 Å². The molecule has 0 unspecified atom stereocenters. The zero-order valence-electron chi connectivity index (χ0n) is 15.0. The highest BCUT2D eigenvalue weighted by molar-refractivity contribution is 5.30. The molecule has 0 saturated heterocycles. The highest BCUT2D eigenvalue weighted by atomic mass is 16.5. The third-order valence-corrected chi connectivity index (χ3v) is 4.29. The number of hydrogen-bond donors (Lipinski definition) is 1. The molecule has 1 atom stereocenters. The second-order valence-corrected chi connectivity index (χ2v) is 6.50. The van der Waals surface area contributed by atoms with Gasteiger partial charge in [-0.1, -0.05) is 54.1 Å². The van der Waals surface area contributed by atoms with Crippen molar-refractivity contribution in [2.45, 2.75) is 32.9 Å². The first-order chi connectivity index (χ1) is 11.6. The van der Waals surface area contributed by atoms with Gasteiger partial charge in [-0.3, -0.25) is 4.90 Å². The Morgan fingerprint density at radius 2 is 1.83 bits per heavy atom. The zero-order valence-corrected chi connectivity index (χ0v) is 15.0. The summed E-state index contributed by atoms with van der Waals surface area (Å²) in [6.07, 6.45) is 0.297. The smallest absolute Gasteiger partial charge is 0.0707 e. The van der Waals surface area contributed by atoms with Gasteiger partial charge in [0.2, 0.25) is 0 Å². The second-order valence-electron chi connectivity index (χ2n) is 6.50. The molecule has 0 aromatic heterocycles. The largest absolute Gasteiger partial charge is 0.391 e. The van der Waals surface area contributed by atoms with Crippen molar-refractivity contribution < 1.29 is 9.84 Å². The van der Waals surface area contributed by atoms with E-state index in [1.165, 1.54) is 22.3 Å². The van der Waals surface area contributed by atoms with Gasteiger partial charge in [0.05, 0.1) is 12.7 Å². The van der Waals surface area contributed by atoms with E-state index in [4.69, 9.17) is 4.74 Å². The Morgan fingerprint density at radius 1 is 1.08 bits per heavy atom. The maximum atomic E-state index is 10.5. The number of benzene rings is 2. The lowest BCUT2D eigenvalue weighted by Gasteiger charge is -2.26. The first-order valence-corrected chi connectivity index (χ1v) is 8.58. The Balaban J connectivity index is 2.00. The molecule has 2 aromatic carbocycles. The van der Waals surface area contributed by atoms with Crippen molar-refractivity contribution in [3.05, 3.63) is 70.8 Å². The molecule has 0 bridgehead atoms. The minimum Gasteiger partial charge on any atom is -0.391 e. The van der Waals surface area contributed by atoms with E-state index in [0.29, 0.717) is 19.6 Å². The molecule has 0 amide bonds. The number of methoxy groups -OCH3 is 1. The SMILES string of the molecule is COCCN(Cc1cc(C)ccc1C)C[C@@H](O)Cc1ccccc1. The molecule has 24 heavy (non-hydrogen) atoms. The van der Waals surface area contributed by atoms with Crippen molar-refractivity contribution in [3.63, 3.8) is 0 Å². The second kappa shape index (κ2) is 9.58. The molecule has 2 aromatic rings. The number of aryl methyl sites for hydroxylation is 2. The normalized spacial score (nSPS) is 12.5. The van der Waals surface area contributed by atoms with Gasteiger partial charge in [0.1, 0.15) is 0 Å². The predicted molar refractivity (Wildman–Crippen MR) is 99.2 cm³/mol. The first-order valence-electron chi connectivity index (χ1n) is 8.58. The van der Waals surface area contributed by atoms with Gasteiger partial charge in [0.15, 0.2) is 0 Å². The summed E-state index contributed by atoms with van der Waals surface area (Å²) in [7, 11) is 1.72. The van der Waals surface area contributed by atoms with Crippen molar-refractivity contribution >= 4 is 0 Å². The van der Waals surface area contributed by atoms with Crippen LogP contribution >= 0.6 is 0 Å². The van der Waals surface area contributed by atoms with Crippen molar-refractivity contribution in [1.82, 2.24) is 4.90 Å². The van der Waals surface area contributed by atoms with Crippen LogP contribution in [0.1, 0.15) is 22.3 Å². The fourth-order valence-corrected chi connectivity index (χ4v) is 2.92. The van der Waals surface area contributed by atoms with Crippen LogP contribution in [0, 0.1) is 13.8 Å². The lowest BCUT2D eigenvalue weighted by molar-refractivity contribution is 0.0850. The monoisotopic (exact) mass is 327 g/mol. The molecular weight excluding hydrogens is 298 g/mol. The van der Waals surface area contributed by atoms with Crippen molar-refractivity contribution in [1.29, 1.82) is 0 Å². The van der Waals surface area contributed by atoms with E-state index in [2.05, 4.69) is 49.1 Å². The highest BCUT2D eigenvalue weighted by Gasteiger charge is 2.14. The molecule has 0 aliphatic rings. The molecule has 3 heteroatoms. The van der Waals surface area contributed by atoms with Gasteiger partial charge in [-0.15, -0.1) is 0 Å². The molecular formula is C21H29NO2. The van der Waals surface area contributed by atoms with Crippen LogP contribution in [0.3, 0.4) is 0 Å². The number of ether oxygens (including phenoxy) is 1. The van der Waals surface area contributed by atoms with E-state index in [0.717, 1.165) is 13.1 Å². The van der Waals surface area contributed by atoms with Crippen molar-refractivity contribution in [2.75, 3.05) is 26.8 Å². The lowest BCUT2D eigenvalue weighted by Crippen LogP contribution is -2.35. The Kier molecular flexibility index (Phi) is 7.44. The minimum atomic E-state index is -0.380. The van der Waals surface area contributed by atoms with Crippen LogP contribution in [-0.2, 0) is 17.7 Å².